The summed E-state index contributed by atoms with van der Waals surface area (Å²) in [6.45, 7) is 5.01. The van der Waals surface area contributed by atoms with Gasteiger partial charge in [-0.3, -0.25) is 9.69 Å². The van der Waals surface area contributed by atoms with Crippen molar-refractivity contribution < 1.29 is 9.53 Å². The van der Waals surface area contributed by atoms with Gasteiger partial charge in [-0.15, -0.1) is 0 Å². The summed E-state index contributed by atoms with van der Waals surface area (Å²) >= 11 is 0. The van der Waals surface area contributed by atoms with Crippen molar-refractivity contribution in [3.8, 4) is 6.07 Å². The van der Waals surface area contributed by atoms with E-state index in [4.69, 9.17) is 10.00 Å². The van der Waals surface area contributed by atoms with Crippen LogP contribution < -0.4 is 5.32 Å². The van der Waals surface area contributed by atoms with Gasteiger partial charge in [0.2, 0.25) is 0 Å². The summed E-state index contributed by atoms with van der Waals surface area (Å²) in [4.78, 5) is 14.1. The minimum Gasteiger partial charge on any atom is -0.461 e. The first-order valence-corrected chi connectivity index (χ1v) is 7.25. The van der Waals surface area contributed by atoms with Gasteiger partial charge in [0.15, 0.2) is 0 Å². The second-order valence-corrected chi connectivity index (χ2v) is 5.34. The van der Waals surface area contributed by atoms with E-state index in [0.29, 0.717) is 19.7 Å². The van der Waals surface area contributed by atoms with Gasteiger partial charge in [-0.05, 0) is 5.56 Å². The highest BCUT2D eigenvalue weighted by Gasteiger charge is 2.26. The van der Waals surface area contributed by atoms with Gasteiger partial charge < -0.3 is 10.1 Å². The van der Waals surface area contributed by atoms with E-state index in [2.05, 4.69) is 11.4 Å². The number of benzene rings is 1. The van der Waals surface area contributed by atoms with Crippen molar-refractivity contribution in [1.29, 1.82) is 5.26 Å². The molecule has 2 atom stereocenters. The van der Waals surface area contributed by atoms with E-state index in [-0.39, 0.29) is 17.9 Å². The summed E-state index contributed by atoms with van der Waals surface area (Å²) < 4.78 is 5.34. The summed E-state index contributed by atoms with van der Waals surface area (Å²) in [6.07, 6.45) is 0. The molecule has 0 bridgehead atoms. The Morgan fingerprint density at radius 3 is 3.00 bits per heavy atom. The quantitative estimate of drug-likeness (QED) is 0.823. The summed E-state index contributed by atoms with van der Waals surface area (Å²) in [5.41, 5.74) is 0.982. The average Bonchev–Trinajstić information content (AvgIpc) is 2.54. The molecule has 21 heavy (non-hydrogen) atoms. The molecular formula is C16H21N3O2. The lowest BCUT2D eigenvalue weighted by Gasteiger charge is -2.33. The number of carbonyl (C=O) groups excluding carboxylic acids is 1. The van der Waals surface area contributed by atoms with Crippen molar-refractivity contribution in [2.45, 2.75) is 19.6 Å². The molecule has 1 heterocycles. The van der Waals surface area contributed by atoms with Crippen LogP contribution in [0.5, 0.6) is 0 Å². The number of nitrogens with one attached hydrogen (secondary N) is 1. The van der Waals surface area contributed by atoms with Crippen molar-refractivity contribution in [1.82, 2.24) is 10.2 Å². The molecule has 0 saturated carbocycles. The van der Waals surface area contributed by atoms with Gasteiger partial charge in [0.25, 0.3) is 0 Å². The Morgan fingerprint density at radius 2 is 2.29 bits per heavy atom. The molecule has 0 amide bonds. The summed E-state index contributed by atoms with van der Waals surface area (Å²) in [6, 6.07) is 11.7. The maximum Gasteiger partial charge on any atom is 0.310 e. The van der Waals surface area contributed by atoms with Gasteiger partial charge in [-0.2, -0.15) is 5.26 Å². The monoisotopic (exact) mass is 287 g/mol. The summed E-state index contributed by atoms with van der Waals surface area (Å²) in [5, 5.41) is 12.3. The van der Waals surface area contributed by atoms with Crippen LogP contribution in [-0.2, 0) is 16.1 Å². The molecule has 0 radical (unpaired) electrons. The second-order valence-electron chi connectivity index (χ2n) is 5.34. The Kier molecular flexibility index (Phi) is 5.73. The number of hydrogen-bond donors (Lipinski definition) is 1. The van der Waals surface area contributed by atoms with Crippen LogP contribution in [-0.4, -0.2) is 43.1 Å². The molecule has 2 rings (SSSR count). The number of hydrogen-bond acceptors (Lipinski definition) is 5. The zero-order chi connectivity index (χ0) is 15.1. The smallest absolute Gasteiger partial charge is 0.310 e. The lowest BCUT2D eigenvalue weighted by atomic mass is 10.1. The van der Waals surface area contributed by atoms with E-state index in [1.807, 2.05) is 42.2 Å². The SMILES string of the molecule is CC(CN1CCNCC1C#N)C(=O)OCc1ccccc1. The van der Waals surface area contributed by atoms with E-state index in [9.17, 15) is 4.79 Å². The van der Waals surface area contributed by atoms with Gasteiger partial charge >= 0.3 is 5.97 Å². The van der Waals surface area contributed by atoms with Gasteiger partial charge in [0, 0.05) is 26.2 Å². The van der Waals surface area contributed by atoms with Crippen LogP contribution in [0, 0.1) is 17.2 Å². The third-order valence-electron chi connectivity index (χ3n) is 3.64. The summed E-state index contributed by atoms with van der Waals surface area (Å²) in [7, 11) is 0. The topological polar surface area (TPSA) is 65.4 Å². The highest BCUT2D eigenvalue weighted by Crippen LogP contribution is 2.10. The number of ether oxygens (including phenoxy) is 1. The highest BCUT2D eigenvalue weighted by atomic mass is 16.5. The number of carbonyl (C=O) groups is 1. The van der Waals surface area contributed by atoms with Gasteiger partial charge in [-0.25, -0.2) is 0 Å². The molecule has 0 spiro atoms. The van der Waals surface area contributed by atoms with Crippen molar-refractivity contribution in [2.24, 2.45) is 5.92 Å². The van der Waals surface area contributed by atoms with Crippen LogP contribution in [0.1, 0.15) is 12.5 Å². The van der Waals surface area contributed by atoms with E-state index < -0.39 is 0 Å². The Hall–Kier alpha value is -1.90. The first-order chi connectivity index (χ1) is 10.2. The number of rotatable bonds is 5. The first-order valence-electron chi connectivity index (χ1n) is 7.25. The van der Waals surface area contributed by atoms with E-state index in [1.54, 1.807) is 0 Å². The average molecular weight is 287 g/mol. The first kappa shape index (κ1) is 15.5. The largest absolute Gasteiger partial charge is 0.461 e. The zero-order valence-electron chi connectivity index (χ0n) is 12.3. The van der Waals surface area contributed by atoms with Crippen LogP contribution in [0.3, 0.4) is 0 Å². The maximum absolute atomic E-state index is 12.0. The third-order valence-corrected chi connectivity index (χ3v) is 3.64. The van der Waals surface area contributed by atoms with Gasteiger partial charge in [-0.1, -0.05) is 37.3 Å². The molecule has 0 aromatic heterocycles. The number of nitriles is 1. The Bertz CT molecular complexity index is 498. The fraction of sp³-hybridized carbons (Fsp3) is 0.500. The van der Waals surface area contributed by atoms with E-state index in [0.717, 1.165) is 18.7 Å². The lowest BCUT2D eigenvalue weighted by Crippen LogP contribution is -2.52. The molecule has 1 aromatic rings. The normalized spacial score (nSPS) is 20.5. The third kappa shape index (κ3) is 4.55. The van der Waals surface area contributed by atoms with Gasteiger partial charge in [0.1, 0.15) is 12.6 Å². The predicted octanol–water partition coefficient (Wildman–Crippen LogP) is 1.16. The van der Waals surface area contributed by atoms with Crippen molar-refractivity contribution in [3.63, 3.8) is 0 Å². The highest BCUT2D eigenvalue weighted by molar-refractivity contribution is 5.72. The molecule has 1 fully saturated rings. The minimum atomic E-state index is -0.234. The van der Waals surface area contributed by atoms with Crippen LogP contribution in [0.15, 0.2) is 30.3 Å². The molecule has 0 aliphatic carbocycles. The van der Waals surface area contributed by atoms with Gasteiger partial charge in [0.05, 0.1) is 12.0 Å². The number of piperazine rings is 1. The number of nitrogens with zero attached hydrogens (tertiary/aromatic N) is 2. The molecule has 5 heteroatoms. The fourth-order valence-corrected chi connectivity index (χ4v) is 2.39. The Balaban J connectivity index is 1.80. The standard InChI is InChI=1S/C16H21N3O2/c1-13(11-19-8-7-18-10-15(19)9-17)16(20)21-12-14-5-3-2-4-6-14/h2-6,13,15,18H,7-8,10-12H2,1H3. The zero-order valence-corrected chi connectivity index (χ0v) is 12.3. The molecule has 1 aliphatic rings. The molecule has 2 unspecified atom stereocenters. The molecule has 112 valence electrons. The molecule has 1 N–H and O–H groups in total. The molecule has 1 aliphatic heterocycles. The van der Waals surface area contributed by atoms with Crippen molar-refractivity contribution in [3.05, 3.63) is 35.9 Å². The van der Waals surface area contributed by atoms with E-state index >= 15 is 0 Å². The van der Waals surface area contributed by atoms with Crippen LogP contribution in [0.4, 0.5) is 0 Å². The minimum absolute atomic E-state index is 0.164. The maximum atomic E-state index is 12.0. The van der Waals surface area contributed by atoms with Crippen molar-refractivity contribution >= 4 is 5.97 Å². The van der Waals surface area contributed by atoms with E-state index in [1.165, 1.54) is 0 Å². The summed E-state index contributed by atoms with van der Waals surface area (Å²) in [5.74, 6) is -0.447. The molecule has 1 aromatic carbocycles. The van der Waals surface area contributed by atoms with Crippen LogP contribution in [0.2, 0.25) is 0 Å². The van der Waals surface area contributed by atoms with Crippen LogP contribution >= 0.6 is 0 Å². The molecular weight excluding hydrogens is 266 g/mol. The predicted molar refractivity (Wildman–Crippen MR) is 79.2 cm³/mol. The Labute approximate surface area is 125 Å². The van der Waals surface area contributed by atoms with Crippen LogP contribution in [0.25, 0.3) is 0 Å². The lowest BCUT2D eigenvalue weighted by molar-refractivity contribution is -0.150. The van der Waals surface area contributed by atoms with Crippen molar-refractivity contribution in [2.75, 3.05) is 26.2 Å². The second kappa shape index (κ2) is 7.77. The number of esters is 1. The fourth-order valence-electron chi connectivity index (χ4n) is 2.39. The molecule has 1 saturated heterocycles. The molecule has 5 nitrogen and oxygen atoms in total. The Morgan fingerprint density at radius 1 is 1.52 bits per heavy atom.